The van der Waals surface area contributed by atoms with Gasteiger partial charge in [0.15, 0.2) is 0 Å². The van der Waals surface area contributed by atoms with Crippen LogP contribution in [0.1, 0.15) is 11.1 Å². The van der Waals surface area contributed by atoms with Crippen LogP contribution in [-0.2, 0) is 0 Å². The Hall–Kier alpha value is -2.36. The Morgan fingerprint density at radius 3 is 2.33 bits per heavy atom. The van der Waals surface area contributed by atoms with Gasteiger partial charge in [-0.3, -0.25) is 0 Å². The maximum absolute atomic E-state index is 9.53. The van der Waals surface area contributed by atoms with Crippen LogP contribution in [-0.4, -0.2) is 5.11 Å². The molecule has 2 aromatic carbocycles. The molecule has 2 aromatic rings. The molecule has 2 rings (SSSR count). The number of azo groups is 1. The first kappa shape index (κ1) is 12.1. The lowest BCUT2D eigenvalue weighted by molar-refractivity contribution is 0.478. The van der Waals surface area contributed by atoms with Crippen LogP contribution in [0.5, 0.6) is 5.75 Å². The maximum atomic E-state index is 9.53. The average molecular weight is 241 g/mol. The Bertz CT molecular complexity index is 589. The molecule has 0 atom stereocenters. The Kier molecular flexibility index (Phi) is 3.28. The Morgan fingerprint density at radius 2 is 1.67 bits per heavy atom. The van der Waals surface area contributed by atoms with E-state index in [4.69, 9.17) is 5.73 Å². The molecule has 0 amide bonds. The van der Waals surface area contributed by atoms with Gasteiger partial charge in [0.05, 0.1) is 17.1 Å². The molecular weight excluding hydrogens is 226 g/mol. The molecule has 92 valence electrons. The largest absolute Gasteiger partial charge is 0.506 e. The van der Waals surface area contributed by atoms with Crippen LogP contribution in [0, 0.1) is 13.8 Å². The molecule has 0 saturated heterocycles. The minimum absolute atomic E-state index is 0.0263. The van der Waals surface area contributed by atoms with E-state index >= 15 is 0 Å². The SMILES string of the molecule is Cc1ccc(N=Nc2cc(O)c(N)cc2C)cc1. The number of hydrogen-bond donors (Lipinski definition) is 2. The first-order chi connectivity index (χ1) is 8.56. The Labute approximate surface area is 106 Å². The summed E-state index contributed by atoms with van der Waals surface area (Å²) < 4.78 is 0. The van der Waals surface area contributed by atoms with E-state index in [1.807, 2.05) is 38.1 Å². The van der Waals surface area contributed by atoms with Gasteiger partial charge in [0, 0.05) is 6.07 Å². The van der Waals surface area contributed by atoms with Crippen LogP contribution in [0.2, 0.25) is 0 Å². The third-order valence-corrected chi connectivity index (χ3v) is 2.65. The summed E-state index contributed by atoms with van der Waals surface area (Å²) in [6.07, 6.45) is 0. The number of rotatable bonds is 2. The van der Waals surface area contributed by atoms with Gasteiger partial charge in [-0.15, -0.1) is 0 Å². The fourth-order valence-electron chi connectivity index (χ4n) is 1.54. The van der Waals surface area contributed by atoms with Crippen molar-refractivity contribution in [2.24, 2.45) is 10.2 Å². The lowest BCUT2D eigenvalue weighted by atomic mass is 10.2. The van der Waals surface area contributed by atoms with Crippen molar-refractivity contribution in [3.8, 4) is 5.75 Å². The molecule has 0 spiro atoms. The highest BCUT2D eigenvalue weighted by molar-refractivity contribution is 5.62. The van der Waals surface area contributed by atoms with E-state index in [1.165, 1.54) is 11.6 Å². The zero-order chi connectivity index (χ0) is 13.1. The highest BCUT2D eigenvalue weighted by Gasteiger charge is 2.03. The van der Waals surface area contributed by atoms with Crippen LogP contribution in [0.4, 0.5) is 17.1 Å². The molecule has 0 aliphatic heterocycles. The van der Waals surface area contributed by atoms with E-state index in [-0.39, 0.29) is 5.75 Å². The van der Waals surface area contributed by atoms with E-state index in [2.05, 4.69) is 10.2 Å². The van der Waals surface area contributed by atoms with Gasteiger partial charge in [0.25, 0.3) is 0 Å². The molecular formula is C14H15N3O. The van der Waals surface area contributed by atoms with Crippen LogP contribution in [0.3, 0.4) is 0 Å². The number of phenols is 1. The molecule has 0 radical (unpaired) electrons. The number of anilines is 1. The van der Waals surface area contributed by atoms with Crippen molar-refractivity contribution in [1.29, 1.82) is 0 Å². The number of nitrogen functional groups attached to an aromatic ring is 1. The molecule has 0 fully saturated rings. The molecule has 0 aromatic heterocycles. The number of nitrogens with zero attached hydrogens (tertiary/aromatic N) is 2. The molecule has 18 heavy (non-hydrogen) atoms. The van der Waals surface area contributed by atoms with Crippen molar-refractivity contribution in [2.75, 3.05) is 5.73 Å². The van der Waals surface area contributed by atoms with Gasteiger partial charge in [0.1, 0.15) is 5.75 Å². The summed E-state index contributed by atoms with van der Waals surface area (Å²) in [7, 11) is 0. The van der Waals surface area contributed by atoms with E-state index in [1.54, 1.807) is 6.07 Å². The molecule has 4 nitrogen and oxygen atoms in total. The first-order valence-electron chi connectivity index (χ1n) is 5.64. The number of benzene rings is 2. The van der Waals surface area contributed by atoms with Gasteiger partial charge >= 0.3 is 0 Å². The summed E-state index contributed by atoms with van der Waals surface area (Å²) in [6, 6.07) is 10.9. The summed E-state index contributed by atoms with van der Waals surface area (Å²) in [4.78, 5) is 0. The molecule has 0 aliphatic carbocycles. The van der Waals surface area contributed by atoms with Crippen LogP contribution < -0.4 is 5.73 Å². The van der Waals surface area contributed by atoms with Gasteiger partial charge in [-0.25, -0.2) is 0 Å². The van der Waals surface area contributed by atoms with E-state index in [0.717, 1.165) is 11.3 Å². The number of phenolic OH excluding ortho intramolecular Hbond substituents is 1. The van der Waals surface area contributed by atoms with Gasteiger partial charge in [-0.1, -0.05) is 17.7 Å². The quantitative estimate of drug-likeness (QED) is 0.473. The first-order valence-corrected chi connectivity index (χ1v) is 5.64. The predicted molar refractivity (Wildman–Crippen MR) is 72.6 cm³/mol. The second-order valence-electron chi connectivity index (χ2n) is 4.23. The van der Waals surface area contributed by atoms with E-state index < -0.39 is 0 Å². The number of nitrogens with two attached hydrogens (primary N) is 1. The molecule has 0 aliphatic rings. The molecule has 0 heterocycles. The van der Waals surface area contributed by atoms with E-state index in [0.29, 0.717) is 11.4 Å². The lowest BCUT2D eigenvalue weighted by Gasteiger charge is -2.03. The topological polar surface area (TPSA) is 71.0 Å². The van der Waals surface area contributed by atoms with E-state index in [9.17, 15) is 5.11 Å². The van der Waals surface area contributed by atoms with Crippen LogP contribution in [0.15, 0.2) is 46.6 Å². The minimum Gasteiger partial charge on any atom is -0.506 e. The molecule has 0 saturated carbocycles. The third-order valence-electron chi connectivity index (χ3n) is 2.65. The third kappa shape index (κ3) is 2.66. The second kappa shape index (κ2) is 4.87. The fraction of sp³-hybridized carbons (Fsp3) is 0.143. The molecule has 0 bridgehead atoms. The zero-order valence-corrected chi connectivity index (χ0v) is 10.4. The van der Waals surface area contributed by atoms with Crippen molar-refractivity contribution >= 4 is 17.1 Å². The molecule has 3 N–H and O–H groups in total. The highest BCUT2D eigenvalue weighted by atomic mass is 16.3. The maximum Gasteiger partial charge on any atom is 0.140 e. The minimum atomic E-state index is 0.0263. The van der Waals surface area contributed by atoms with Crippen LogP contribution in [0.25, 0.3) is 0 Å². The highest BCUT2D eigenvalue weighted by Crippen LogP contribution is 2.30. The summed E-state index contributed by atoms with van der Waals surface area (Å²) >= 11 is 0. The van der Waals surface area contributed by atoms with Crippen molar-refractivity contribution in [2.45, 2.75) is 13.8 Å². The normalized spacial score (nSPS) is 11.0. The fourth-order valence-corrected chi connectivity index (χ4v) is 1.54. The summed E-state index contributed by atoms with van der Waals surface area (Å²) in [5, 5.41) is 17.8. The second-order valence-corrected chi connectivity index (χ2v) is 4.23. The molecule has 0 unspecified atom stereocenters. The zero-order valence-electron chi connectivity index (χ0n) is 10.4. The molecule has 4 heteroatoms. The summed E-state index contributed by atoms with van der Waals surface area (Å²) in [6.45, 7) is 3.89. The smallest absolute Gasteiger partial charge is 0.140 e. The van der Waals surface area contributed by atoms with Crippen molar-refractivity contribution in [3.05, 3.63) is 47.5 Å². The van der Waals surface area contributed by atoms with Crippen molar-refractivity contribution in [3.63, 3.8) is 0 Å². The monoisotopic (exact) mass is 241 g/mol. The standard InChI is InChI=1S/C14H15N3O/c1-9-3-5-11(6-4-9)16-17-13-8-14(18)12(15)7-10(13)2/h3-8,18H,15H2,1-2H3. The average Bonchev–Trinajstić information content (AvgIpc) is 2.34. The van der Waals surface area contributed by atoms with Crippen LogP contribution >= 0.6 is 0 Å². The number of hydrogen-bond acceptors (Lipinski definition) is 4. The number of aromatic hydroxyl groups is 1. The lowest BCUT2D eigenvalue weighted by Crippen LogP contribution is -1.86. The van der Waals surface area contributed by atoms with Gasteiger partial charge < -0.3 is 10.8 Å². The number of aryl methyl sites for hydroxylation is 2. The Balaban J connectivity index is 2.28. The predicted octanol–water partition coefficient (Wildman–Crippen LogP) is 4.01. The van der Waals surface area contributed by atoms with Gasteiger partial charge in [-0.05, 0) is 37.6 Å². The van der Waals surface area contributed by atoms with Gasteiger partial charge in [0.2, 0.25) is 0 Å². The van der Waals surface area contributed by atoms with Crippen molar-refractivity contribution < 1.29 is 5.11 Å². The Morgan fingerprint density at radius 1 is 1.00 bits per heavy atom. The van der Waals surface area contributed by atoms with Crippen molar-refractivity contribution in [1.82, 2.24) is 0 Å². The summed E-state index contributed by atoms with van der Waals surface area (Å²) in [5.41, 5.74) is 9.38. The summed E-state index contributed by atoms with van der Waals surface area (Å²) in [5.74, 6) is 0.0263. The van der Waals surface area contributed by atoms with Gasteiger partial charge in [-0.2, -0.15) is 10.2 Å².